The Morgan fingerprint density at radius 3 is 2.65 bits per heavy atom. The van der Waals surface area contributed by atoms with Gasteiger partial charge in [-0.25, -0.2) is 4.39 Å². The summed E-state index contributed by atoms with van der Waals surface area (Å²) in [4.78, 5) is 13.3. The zero-order chi connectivity index (χ0) is 18.6. The molecule has 0 heterocycles. The fraction of sp³-hybridized carbons (Fsp3) is 0.591. The van der Waals surface area contributed by atoms with E-state index >= 15 is 0 Å². The maximum atomic E-state index is 13.9. The molecule has 2 aliphatic rings. The van der Waals surface area contributed by atoms with Gasteiger partial charge in [-0.1, -0.05) is 37.8 Å². The number of terminal acetylenes is 1. The number of halogens is 1. The lowest BCUT2D eigenvalue weighted by Gasteiger charge is -2.43. The zero-order valence-corrected chi connectivity index (χ0v) is 15.3. The molecule has 2 fully saturated rings. The first kappa shape index (κ1) is 18.9. The van der Waals surface area contributed by atoms with E-state index in [2.05, 4.69) is 5.92 Å². The minimum absolute atomic E-state index is 0.135. The maximum Gasteiger partial charge on any atom is 0.316 e. The lowest BCUT2D eigenvalue weighted by molar-refractivity contribution is -0.169. The van der Waals surface area contributed by atoms with Crippen LogP contribution in [0.3, 0.4) is 0 Å². The molecule has 0 radical (unpaired) electrons. The number of hydrogen-bond acceptors (Lipinski definition) is 3. The first-order chi connectivity index (χ1) is 12.6. The molecule has 0 aliphatic heterocycles. The molecule has 2 N–H and O–H groups in total. The van der Waals surface area contributed by atoms with E-state index < -0.39 is 5.41 Å². The van der Waals surface area contributed by atoms with Gasteiger partial charge in [0, 0.05) is 11.8 Å². The van der Waals surface area contributed by atoms with Crippen molar-refractivity contribution >= 4 is 5.97 Å². The maximum absolute atomic E-state index is 13.9. The number of esters is 1. The van der Waals surface area contributed by atoms with Crippen LogP contribution in [0.2, 0.25) is 0 Å². The van der Waals surface area contributed by atoms with Crippen molar-refractivity contribution in [1.82, 2.24) is 0 Å². The molecule has 3 nitrogen and oxygen atoms in total. The lowest BCUT2D eigenvalue weighted by atomic mass is 9.69. The second-order valence-corrected chi connectivity index (χ2v) is 7.70. The van der Waals surface area contributed by atoms with Gasteiger partial charge in [-0.2, -0.15) is 0 Å². The number of rotatable bonds is 5. The second-order valence-electron chi connectivity index (χ2n) is 7.70. The van der Waals surface area contributed by atoms with Gasteiger partial charge in [0.15, 0.2) is 0 Å². The molecule has 4 heteroatoms. The van der Waals surface area contributed by atoms with Gasteiger partial charge in [0.05, 0.1) is 5.41 Å². The Bertz CT molecular complexity index is 673. The van der Waals surface area contributed by atoms with Crippen molar-refractivity contribution in [2.45, 2.75) is 62.9 Å². The molecule has 0 amide bonds. The first-order valence-electron chi connectivity index (χ1n) is 9.74. The molecule has 3 rings (SSSR count). The Hall–Kier alpha value is -1.86. The van der Waals surface area contributed by atoms with Crippen molar-refractivity contribution in [3.8, 4) is 12.3 Å². The summed E-state index contributed by atoms with van der Waals surface area (Å²) in [6.07, 6.45) is 12.4. The first-order valence-corrected chi connectivity index (χ1v) is 9.74. The SMILES string of the molecule is C#CC1CC(OC(=O)C2(c3cccc(F)c3)CCCCCC2)C1CCN. The topological polar surface area (TPSA) is 52.3 Å². The summed E-state index contributed by atoms with van der Waals surface area (Å²) >= 11 is 0. The van der Waals surface area contributed by atoms with E-state index in [0.717, 1.165) is 37.7 Å². The van der Waals surface area contributed by atoms with Crippen LogP contribution in [-0.2, 0) is 14.9 Å². The number of carbonyl (C=O) groups excluding carboxylic acids is 1. The third kappa shape index (κ3) is 3.64. The molecule has 0 aromatic heterocycles. The van der Waals surface area contributed by atoms with E-state index in [4.69, 9.17) is 16.9 Å². The van der Waals surface area contributed by atoms with E-state index in [9.17, 15) is 9.18 Å². The highest BCUT2D eigenvalue weighted by atomic mass is 19.1. The van der Waals surface area contributed by atoms with Crippen LogP contribution in [0.4, 0.5) is 4.39 Å². The van der Waals surface area contributed by atoms with Crippen LogP contribution in [0.25, 0.3) is 0 Å². The summed E-state index contributed by atoms with van der Waals surface area (Å²) in [7, 11) is 0. The summed E-state index contributed by atoms with van der Waals surface area (Å²) in [6.45, 7) is 0.534. The highest BCUT2D eigenvalue weighted by Crippen LogP contribution is 2.44. The molecule has 26 heavy (non-hydrogen) atoms. The monoisotopic (exact) mass is 357 g/mol. The van der Waals surface area contributed by atoms with Crippen LogP contribution in [-0.4, -0.2) is 18.6 Å². The fourth-order valence-corrected chi connectivity index (χ4v) is 4.55. The van der Waals surface area contributed by atoms with Crippen LogP contribution in [0, 0.1) is 30.0 Å². The van der Waals surface area contributed by atoms with Gasteiger partial charge >= 0.3 is 5.97 Å². The van der Waals surface area contributed by atoms with Crippen molar-refractivity contribution in [1.29, 1.82) is 0 Å². The average molecular weight is 357 g/mol. The lowest BCUT2D eigenvalue weighted by Crippen LogP contribution is -2.48. The molecule has 1 aromatic rings. The predicted molar refractivity (Wildman–Crippen MR) is 99.8 cm³/mol. The Kier molecular flexibility index (Phi) is 5.98. The van der Waals surface area contributed by atoms with Crippen LogP contribution < -0.4 is 5.73 Å². The predicted octanol–water partition coefficient (Wildman–Crippen LogP) is 3.95. The minimum atomic E-state index is -0.743. The molecule has 0 bridgehead atoms. The van der Waals surface area contributed by atoms with Gasteiger partial charge in [0.2, 0.25) is 0 Å². The van der Waals surface area contributed by atoms with Crippen LogP contribution in [0.5, 0.6) is 0 Å². The smallest absolute Gasteiger partial charge is 0.316 e. The third-order valence-electron chi connectivity index (χ3n) is 6.18. The van der Waals surface area contributed by atoms with Crippen molar-refractivity contribution < 1.29 is 13.9 Å². The molecule has 3 atom stereocenters. The second kappa shape index (κ2) is 8.22. The molecule has 3 unspecified atom stereocenters. The van der Waals surface area contributed by atoms with Gasteiger partial charge in [-0.05, 0) is 49.9 Å². The van der Waals surface area contributed by atoms with Gasteiger partial charge in [-0.3, -0.25) is 4.79 Å². The fourth-order valence-electron chi connectivity index (χ4n) is 4.55. The third-order valence-corrected chi connectivity index (χ3v) is 6.18. The van der Waals surface area contributed by atoms with Crippen molar-refractivity contribution in [3.05, 3.63) is 35.6 Å². The molecule has 0 saturated heterocycles. The standard InChI is InChI=1S/C22H28FNO2/c1-2-16-14-20(19(16)10-13-24)26-21(25)22(11-5-3-4-6-12-22)17-8-7-9-18(23)15-17/h1,7-9,15-16,19-20H,3-6,10-14,24H2. The van der Waals surface area contributed by atoms with E-state index in [1.54, 1.807) is 6.07 Å². The molecule has 1 aromatic carbocycles. The zero-order valence-electron chi connectivity index (χ0n) is 15.3. The summed E-state index contributed by atoms with van der Waals surface area (Å²) in [5.74, 6) is 2.53. The highest BCUT2D eigenvalue weighted by Gasteiger charge is 2.47. The van der Waals surface area contributed by atoms with Crippen LogP contribution >= 0.6 is 0 Å². The normalized spacial score (nSPS) is 27.7. The summed E-state index contributed by atoms with van der Waals surface area (Å²) in [5.41, 5.74) is 5.70. The molecular weight excluding hydrogens is 329 g/mol. The molecule has 140 valence electrons. The van der Waals surface area contributed by atoms with E-state index in [-0.39, 0.29) is 29.7 Å². The summed E-state index contributed by atoms with van der Waals surface area (Å²) in [5, 5.41) is 0. The Balaban J connectivity index is 1.83. The minimum Gasteiger partial charge on any atom is -0.461 e. The number of benzene rings is 1. The quantitative estimate of drug-likeness (QED) is 0.493. The molecule has 2 aliphatic carbocycles. The van der Waals surface area contributed by atoms with Gasteiger partial charge in [0.25, 0.3) is 0 Å². The van der Waals surface area contributed by atoms with Crippen LogP contribution in [0.15, 0.2) is 24.3 Å². The average Bonchev–Trinajstić information content (AvgIpc) is 2.89. The molecule has 2 saturated carbocycles. The van der Waals surface area contributed by atoms with Gasteiger partial charge in [0.1, 0.15) is 11.9 Å². The Labute approximate surface area is 155 Å². The molecular formula is C22H28FNO2. The Morgan fingerprint density at radius 2 is 2.04 bits per heavy atom. The van der Waals surface area contributed by atoms with Gasteiger partial charge in [-0.15, -0.1) is 12.3 Å². The van der Waals surface area contributed by atoms with E-state index in [1.165, 1.54) is 12.1 Å². The van der Waals surface area contributed by atoms with E-state index in [1.807, 2.05) is 6.07 Å². The van der Waals surface area contributed by atoms with E-state index in [0.29, 0.717) is 25.8 Å². The Morgan fingerprint density at radius 1 is 1.31 bits per heavy atom. The van der Waals surface area contributed by atoms with Crippen molar-refractivity contribution in [2.24, 2.45) is 17.6 Å². The largest absolute Gasteiger partial charge is 0.461 e. The van der Waals surface area contributed by atoms with Crippen LogP contribution in [0.1, 0.15) is 56.9 Å². The number of hydrogen-bond donors (Lipinski definition) is 1. The van der Waals surface area contributed by atoms with Gasteiger partial charge < -0.3 is 10.5 Å². The number of nitrogens with two attached hydrogens (primary N) is 1. The molecule has 0 spiro atoms. The van der Waals surface area contributed by atoms with Crippen molar-refractivity contribution in [3.63, 3.8) is 0 Å². The summed E-state index contributed by atoms with van der Waals surface area (Å²) in [6, 6.07) is 6.45. The number of carbonyl (C=O) groups is 1. The summed E-state index contributed by atoms with van der Waals surface area (Å²) < 4.78 is 19.8. The number of ether oxygens (including phenoxy) is 1. The van der Waals surface area contributed by atoms with Crippen molar-refractivity contribution in [2.75, 3.05) is 6.54 Å². The highest BCUT2D eigenvalue weighted by molar-refractivity contribution is 5.83.